The highest BCUT2D eigenvalue weighted by atomic mass is 79.9. The summed E-state index contributed by atoms with van der Waals surface area (Å²) in [5.74, 6) is 0.510. The quantitative estimate of drug-likeness (QED) is 0.335. The van der Waals surface area contributed by atoms with Crippen molar-refractivity contribution in [2.75, 3.05) is 19.0 Å². The average molecular weight is 510 g/mol. The van der Waals surface area contributed by atoms with Gasteiger partial charge in [0, 0.05) is 11.3 Å². The van der Waals surface area contributed by atoms with Crippen molar-refractivity contribution in [1.29, 1.82) is 0 Å². The highest BCUT2D eigenvalue weighted by Crippen LogP contribution is 2.25. The maximum Gasteiger partial charge on any atom is 0.271 e. The van der Waals surface area contributed by atoms with Gasteiger partial charge in [-0.15, -0.1) is 0 Å². The van der Waals surface area contributed by atoms with Gasteiger partial charge in [0.15, 0.2) is 6.61 Å². The van der Waals surface area contributed by atoms with Crippen LogP contribution in [-0.2, 0) is 4.79 Å². The van der Waals surface area contributed by atoms with Gasteiger partial charge < -0.3 is 14.8 Å². The summed E-state index contributed by atoms with van der Waals surface area (Å²) in [5, 5.41) is 6.84. The number of methoxy groups -OCH3 is 1. The van der Waals surface area contributed by atoms with Crippen LogP contribution in [0, 0.1) is 13.8 Å². The van der Waals surface area contributed by atoms with E-state index in [-0.39, 0.29) is 18.4 Å². The van der Waals surface area contributed by atoms with Gasteiger partial charge in [-0.25, -0.2) is 5.43 Å². The van der Waals surface area contributed by atoms with Crippen LogP contribution in [0.2, 0.25) is 0 Å². The van der Waals surface area contributed by atoms with Gasteiger partial charge in [-0.2, -0.15) is 5.10 Å². The number of ether oxygens (including phenoxy) is 2. The van der Waals surface area contributed by atoms with Gasteiger partial charge in [0.25, 0.3) is 11.8 Å². The summed E-state index contributed by atoms with van der Waals surface area (Å²) in [5.41, 5.74) is 6.54. The molecule has 0 radical (unpaired) electrons. The van der Waals surface area contributed by atoms with Crippen LogP contribution >= 0.6 is 15.9 Å². The molecule has 0 aromatic heterocycles. The third kappa shape index (κ3) is 6.92. The van der Waals surface area contributed by atoms with Crippen LogP contribution < -0.4 is 20.2 Å². The van der Waals surface area contributed by atoms with Crippen molar-refractivity contribution in [3.63, 3.8) is 0 Å². The summed E-state index contributed by atoms with van der Waals surface area (Å²) in [6.07, 6.45) is 1.51. The second-order valence-electron chi connectivity index (χ2n) is 7.28. The summed E-state index contributed by atoms with van der Waals surface area (Å²) in [6.45, 7) is 3.82. The Labute approximate surface area is 200 Å². The van der Waals surface area contributed by atoms with Crippen LogP contribution in [0.4, 0.5) is 5.69 Å². The van der Waals surface area contributed by atoms with E-state index in [9.17, 15) is 9.59 Å². The van der Waals surface area contributed by atoms with Crippen LogP contribution in [0.1, 0.15) is 27.0 Å². The minimum atomic E-state index is -0.348. The Morgan fingerprint density at radius 2 is 1.88 bits per heavy atom. The van der Waals surface area contributed by atoms with Crippen molar-refractivity contribution in [2.24, 2.45) is 5.10 Å². The number of hydrogen-bond donors (Lipinski definition) is 2. The Morgan fingerprint density at radius 3 is 2.61 bits per heavy atom. The number of hydrogen-bond acceptors (Lipinski definition) is 5. The first-order valence-electron chi connectivity index (χ1n) is 10.1. The molecule has 3 aromatic rings. The summed E-state index contributed by atoms with van der Waals surface area (Å²) in [7, 11) is 1.54. The smallest absolute Gasteiger partial charge is 0.271 e. The lowest BCUT2D eigenvalue weighted by molar-refractivity contribution is -0.118. The van der Waals surface area contributed by atoms with E-state index in [1.54, 1.807) is 42.5 Å². The second kappa shape index (κ2) is 11.3. The molecule has 0 unspecified atom stereocenters. The van der Waals surface area contributed by atoms with E-state index >= 15 is 0 Å². The molecule has 33 heavy (non-hydrogen) atoms. The first-order chi connectivity index (χ1) is 15.9. The number of aryl methyl sites for hydroxylation is 2. The maximum atomic E-state index is 12.2. The highest BCUT2D eigenvalue weighted by Gasteiger charge is 2.09. The molecule has 0 heterocycles. The normalized spacial score (nSPS) is 10.7. The van der Waals surface area contributed by atoms with Crippen LogP contribution in [0.15, 0.2) is 70.2 Å². The number of nitrogens with one attached hydrogen (secondary N) is 2. The van der Waals surface area contributed by atoms with Gasteiger partial charge in [-0.1, -0.05) is 23.8 Å². The van der Waals surface area contributed by atoms with E-state index in [0.29, 0.717) is 21.5 Å². The van der Waals surface area contributed by atoms with Gasteiger partial charge in [0.05, 0.1) is 17.8 Å². The molecule has 7 nitrogen and oxygen atoms in total. The molecule has 170 valence electrons. The predicted octanol–water partition coefficient (Wildman–Crippen LogP) is 4.86. The molecule has 0 aliphatic rings. The second-order valence-corrected chi connectivity index (χ2v) is 8.13. The lowest BCUT2D eigenvalue weighted by atomic mass is 10.1. The zero-order valence-electron chi connectivity index (χ0n) is 18.5. The van der Waals surface area contributed by atoms with Crippen LogP contribution in [0.25, 0.3) is 0 Å². The van der Waals surface area contributed by atoms with E-state index in [4.69, 9.17) is 9.47 Å². The minimum absolute atomic E-state index is 0.129. The third-order valence-corrected chi connectivity index (χ3v) is 5.30. The molecule has 0 fully saturated rings. The summed E-state index contributed by atoms with van der Waals surface area (Å²) < 4.78 is 11.4. The molecular formula is C25H24BrN3O4. The monoisotopic (exact) mass is 509 g/mol. The molecule has 0 saturated heterocycles. The molecular weight excluding hydrogens is 486 g/mol. The highest BCUT2D eigenvalue weighted by molar-refractivity contribution is 9.10. The first-order valence-corrected chi connectivity index (χ1v) is 10.9. The number of halogens is 1. The fourth-order valence-corrected chi connectivity index (χ4v) is 3.50. The van der Waals surface area contributed by atoms with Crippen molar-refractivity contribution >= 4 is 39.6 Å². The number of benzene rings is 3. The van der Waals surface area contributed by atoms with Crippen molar-refractivity contribution < 1.29 is 19.1 Å². The fraction of sp³-hybridized carbons (Fsp3) is 0.160. The molecule has 0 aliphatic heterocycles. The number of rotatable bonds is 8. The number of anilines is 1. The largest absolute Gasteiger partial charge is 0.497 e. The Morgan fingerprint density at radius 1 is 1.06 bits per heavy atom. The van der Waals surface area contributed by atoms with Gasteiger partial charge in [0.2, 0.25) is 0 Å². The third-order valence-electron chi connectivity index (χ3n) is 4.68. The zero-order chi connectivity index (χ0) is 23.8. The predicted molar refractivity (Wildman–Crippen MR) is 132 cm³/mol. The van der Waals surface area contributed by atoms with Gasteiger partial charge in [-0.05, 0) is 83.4 Å². The average Bonchev–Trinajstić information content (AvgIpc) is 2.80. The number of hydrazone groups is 1. The molecule has 2 N–H and O–H groups in total. The zero-order valence-corrected chi connectivity index (χ0v) is 20.1. The van der Waals surface area contributed by atoms with E-state index in [2.05, 4.69) is 31.8 Å². The van der Waals surface area contributed by atoms with Gasteiger partial charge in [-0.3, -0.25) is 9.59 Å². The lowest BCUT2D eigenvalue weighted by Gasteiger charge is -2.11. The Kier molecular flexibility index (Phi) is 8.21. The summed E-state index contributed by atoms with van der Waals surface area (Å²) in [6, 6.07) is 17.9. The first kappa shape index (κ1) is 24.0. The Balaban J connectivity index is 1.53. The number of carbonyl (C=O) groups excluding carboxylic acids is 2. The molecule has 3 rings (SSSR count). The molecule has 0 spiro atoms. The maximum absolute atomic E-state index is 12.2. The SMILES string of the molecule is COc1cccc(C(=O)N/N=C/c2ccc(OCC(=O)Nc3ccc(C)cc3C)c(Br)c2)c1. The molecule has 2 amide bonds. The lowest BCUT2D eigenvalue weighted by Crippen LogP contribution is -2.20. The van der Waals surface area contributed by atoms with E-state index in [0.717, 1.165) is 22.4 Å². The molecule has 0 bridgehead atoms. The van der Waals surface area contributed by atoms with E-state index in [1.165, 1.54) is 13.3 Å². The molecule has 0 aliphatic carbocycles. The van der Waals surface area contributed by atoms with Gasteiger partial charge in [0.1, 0.15) is 11.5 Å². The van der Waals surface area contributed by atoms with Crippen molar-refractivity contribution in [2.45, 2.75) is 13.8 Å². The molecule has 3 aromatic carbocycles. The van der Waals surface area contributed by atoms with Gasteiger partial charge >= 0.3 is 0 Å². The topological polar surface area (TPSA) is 89.0 Å². The fourth-order valence-electron chi connectivity index (χ4n) is 2.99. The number of carbonyl (C=O) groups is 2. The van der Waals surface area contributed by atoms with Crippen molar-refractivity contribution in [1.82, 2.24) is 5.43 Å². The molecule has 0 atom stereocenters. The van der Waals surface area contributed by atoms with Crippen LogP contribution in [-0.4, -0.2) is 31.7 Å². The summed E-state index contributed by atoms with van der Waals surface area (Å²) in [4.78, 5) is 24.4. The standard InChI is InChI=1S/C25H24BrN3O4/c1-16-7-9-22(17(2)11-16)28-24(30)15-33-23-10-8-18(12-21(23)26)14-27-29-25(31)19-5-4-6-20(13-19)32-3/h4-14H,15H2,1-3H3,(H,28,30)(H,29,31)/b27-14+. The van der Waals surface area contributed by atoms with E-state index < -0.39 is 0 Å². The van der Waals surface area contributed by atoms with Crippen LogP contribution in [0.3, 0.4) is 0 Å². The van der Waals surface area contributed by atoms with Crippen molar-refractivity contribution in [3.8, 4) is 11.5 Å². The van der Waals surface area contributed by atoms with E-state index in [1.807, 2.05) is 32.0 Å². The minimum Gasteiger partial charge on any atom is -0.497 e. The Bertz CT molecular complexity index is 1190. The molecule has 8 heteroatoms. The number of nitrogens with zero attached hydrogens (tertiary/aromatic N) is 1. The summed E-state index contributed by atoms with van der Waals surface area (Å²) >= 11 is 3.44. The number of amides is 2. The van der Waals surface area contributed by atoms with Crippen molar-refractivity contribution in [3.05, 3.63) is 87.4 Å². The Hall–Kier alpha value is -3.65. The van der Waals surface area contributed by atoms with Crippen LogP contribution in [0.5, 0.6) is 11.5 Å². The molecule has 0 saturated carbocycles.